The van der Waals surface area contributed by atoms with Gasteiger partial charge in [0.05, 0.1) is 24.1 Å². The Balaban J connectivity index is 1.97. The Bertz CT molecular complexity index is 758. The number of hydrogen-bond acceptors (Lipinski definition) is 4. The van der Waals surface area contributed by atoms with Crippen molar-refractivity contribution in [1.29, 1.82) is 0 Å². The molecule has 2 amide bonds. The van der Waals surface area contributed by atoms with Crippen molar-refractivity contribution >= 4 is 11.8 Å². The van der Waals surface area contributed by atoms with Gasteiger partial charge in [0.1, 0.15) is 17.5 Å². The van der Waals surface area contributed by atoms with Crippen LogP contribution in [0.25, 0.3) is 0 Å². The van der Waals surface area contributed by atoms with Crippen LogP contribution in [0, 0.1) is 6.92 Å². The van der Waals surface area contributed by atoms with E-state index in [9.17, 15) is 22.8 Å². The zero-order chi connectivity index (χ0) is 18.6. The van der Waals surface area contributed by atoms with Gasteiger partial charge in [-0.1, -0.05) is 0 Å². The Hall–Kier alpha value is -2.84. The maximum Gasteiger partial charge on any atom is 0.433 e. The van der Waals surface area contributed by atoms with E-state index in [1.165, 1.54) is 20.1 Å². The summed E-state index contributed by atoms with van der Waals surface area (Å²) in [5.74, 6) is -0.587. The van der Waals surface area contributed by atoms with Gasteiger partial charge < -0.3 is 15.1 Å². The molecule has 9 heteroatoms. The van der Waals surface area contributed by atoms with Crippen LogP contribution in [0.4, 0.5) is 13.2 Å². The van der Waals surface area contributed by atoms with Gasteiger partial charge in [-0.25, -0.2) is 4.98 Å². The molecule has 0 aliphatic carbocycles. The molecule has 0 saturated heterocycles. The zero-order valence-electron chi connectivity index (χ0n) is 13.5. The third kappa shape index (κ3) is 4.82. The third-order valence-corrected chi connectivity index (χ3v) is 3.38. The summed E-state index contributed by atoms with van der Waals surface area (Å²) in [4.78, 5) is 27.5. The second kappa shape index (κ2) is 7.37. The molecule has 0 aliphatic rings. The van der Waals surface area contributed by atoms with E-state index in [0.29, 0.717) is 5.76 Å². The van der Waals surface area contributed by atoms with Crippen molar-refractivity contribution in [3.63, 3.8) is 0 Å². The van der Waals surface area contributed by atoms with Gasteiger partial charge in [-0.3, -0.25) is 9.59 Å². The largest absolute Gasteiger partial charge is 0.467 e. The number of rotatable bonds is 5. The van der Waals surface area contributed by atoms with Crippen LogP contribution < -0.4 is 10.6 Å². The molecule has 0 fully saturated rings. The summed E-state index contributed by atoms with van der Waals surface area (Å²) in [6.07, 6.45) is -3.12. The van der Waals surface area contributed by atoms with Crippen LogP contribution in [-0.2, 0) is 17.5 Å². The van der Waals surface area contributed by atoms with Crippen LogP contribution in [0.2, 0.25) is 0 Å². The summed E-state index contributed by atoms with van der Waals surface area (Å²) < 4.78 is 42.8. The lowest BCUT2D eigenvalue weighted by Gasteiger charge is -2.15. The molecular formula is C16H16F3N3O3. The van der Waals surface area contributed by atoms with E-state index < -0.39 is 29.7 Å². The minimum absolute atomic E-state index is 0.0290. The van der Waals surface area contributed by atoms with Crippen molar-refractivity contribution in [1.82, 2.24) is 15.6 Å². The number of hydrogen-bond donors (Lipinski definition) is 2. The van der Waals surface area contributed by atoms with E-state index in [1.54, 1.807) is 12.1 Å². The highest BCUT2D eigenvalue weighted by atomic mass is 19.4. The fraction of sp³-hybridized carbons (Fsp3) is 0.312. The van der Waals surface area contributed by atoms with Crippen molar-refractivity contribution in [3.8, 4) is 0 Å². The van der Waals surface area contributed by atoms with Gasteiger partial charge in [0.25, 0.3) is 5.91 Å². The molecule has 0 radical (unpaired) electrons. The van der Waals surface area contributed by atoms with E-state index in [0.717, 1.165) is 12.1 Å². The number of carbonyl (C=O) groups is 2. The van der Waals surface area contributed by atoms with Crippen LogP contribution in [0.15, 0.2) is 34.9 Å². The molecule has 25 heavy (non-hydrogen) atoms. The number of carbonyl (C=O) groups excluding carboxylic acids is 2. The summed E-state index contributed by atoms with van der Waals surface area (Å²) in [5, 5.41) is 5.00. The second-order valence-corrected chi connectivity index (χ2v) is 5.32. The average Bonchev–Trinajstić information content (AvgIpc) is 3.04. The molecule has 2 aromatic heterocycles. The molecule has 0 bridgehead atoms. The highest BCUT2D eigenvalue weighted by Gasteiger charge is 2.33. The zero-order valence-corrected chi connectivity index (χ0v) is 13.5. The molecule has 0 spiro atoms. The lowest BCUT2D eigenvalue weighted by atomic mass is 10.1. The third-order valence-electron chi connectivity index (χ3n) is 3.38. The van der Waals surface area contributed by atoms with E-state index in [4.69, 9.17) is 4.42 Å². The molecule has 0 aromatic carbocycles. The van der Waals surface area contributed by atoms with Crippen molar-refractivity contribution in [3.05, 3.63) is 53.2 Å². The monoisotopic (exact) mass is 355 g/mol. The number of nitrogens with zero attached hydrogens (tertiary/aromatic N) is 1. The molecule has 0 saturated carbocycles. The van der Waals surface area contributed by atoms with Crippen LogP contribution in [0.1, 0.15) is 34.4 Å². The number of aryl methyl sites for hydroxylation is 1. The maximum absolute atomic E-state index is 12.6. The minimum atomic E-state index is -4.58. The van der Waals surface area contributed by atoms with Crippen molar-refractivity contribution in [2.45, 2.75) is 32.6 Å². The molecule has 134 valence electrons. The van der Waals surface area contributed by atoms with Crippen LogP contribution in [0.3, 0.4) is 0 Å². The molecule has 1 atom stereocenters. The number of amides is 2. The Morgan fingerprint density at radius 1 is 1.28 bits per heavy atom. The average molecular weight is 355 g/mol. The van der Waals surface area contributed by atoms with Crippen LogP contribution in [0.5, 0.6) is 0 Å². The van der Waals surface area contributed by atoms with Gasteiger partial charge in [0.2, 0.25) is 5.91 Å². The number of nitrogens with one attached hydrogen (secondary N) is 2. The number of alkyl halides is 3. The van der Waals surface area contributed by atoms with Gasteiger partial charge >= 0.3 is 6.18 Å². The molecular weight excluding hydrogens is 339 g/mol. The predicted octanol–water partition coefficient (Wildman–Crippen LogP) is 2.44. The molecule has 2 N–H and O–H groups in total. The highest BCUT2D eigenvalue weighted by molar-refractivity contribution is 5.98. The normalized spacial score (nSPS) is 12.5. The summed E-state index contributed by atoms with van der Waals surface area (Å²) >= 11 is 0. The van der Waals surface area contributed by atoms with Crippen LogP contribution in [-0.4, -0.2) is 22.8 Å². The predicted molar refractivity (Wildman–Crippen MR) is 81.5 cm³/mol. The number of halogens is 3. The smallest absolute Gasteiger partial charge is 0.433 e. The minimum Gasteiger partial charge on any atom is -0.467 e. The highest BCUT2D eigenvalue weighted by Crippen LogP contribution is 2.28. The fourth-order valence-electron chi connectivity index (χ4n) is 2.04. The Morgan fingerprint density at radius 3 is 2.56 bits per heavy atom. The fourth-order valence-corrected chi connectivity index (χ4v) is 2.04. The van der Waals surface area contributed by atoms with Gasteiger partial charge in [-0.15, -0.1) is 0 Å². The van der Waals surface area contributed by atoms with Crippen molar-refractivity contribution in [2.24, 2.45) is 0 Å². The van der Waals surface area contributed by atoms with E-state index in [-0.39, 0.29) is 17.8 Å². The van der Waals surface area contributed by atoms with Gasteiger partial charge in [-0.05, 0) is 38.1 Å². The first-order valence-electron chi connectivity index (χ1n) is 7.34. The number of aromatic nitrogens is 1. The van der Waals surface area contributed by atoms with Gasteiger partial charge in [0.15, 0.2) is 0 Å². The molecule has 0 aliphatic heterocycles. The van der Waals surface area contributed by atoms with E-state index >= 15 is 0 Å². The lowest BCUT2D eigenvalue weighted by Crippen LogP contribution is -2.44. The molecule has 2 heterocycles. The summed E-state index contributed by atoms with van der Waals surface area (Å²) in [6, 6.07) is 4.23. The summed E-state index contributed by atoms with van der Waals surface area (Å²) in [7, 11) is 0. The van der Waals surface area contributed by atoms with Gasteiger partial charge in [-0.2, -0.15) is 13.2 Å². The Labute approximate surface area is 141 Å². The van der Waals surface area contributed by atoms with E-state index in [1.807, 2.05) is 0 Å². The van der Waals surface area contributed by atoms with Crippen molar-refractivity contribution < 1.29 is 27.2 Å². The van der Waals surface area contributed by atoms with Crippen LogP contribution >= 0.6 is 0 Å². The van der Waals surface area contributed by atoms with Crippen molar-refractivity contribution in [2.75, 3.05) is 0 Å². The van der Waals surface area contributed by atoms with Gasteiger partial charge in [0, 0.05) is 0 Å². The second-order valence-electron chi connectivity index (χ2n) is 5.32. The standard InChI is InChI=1S/C16H16F3N3O3/c1-9-12(5-6-13(21-9)16(17,18)19)15(24)22-10(2)14(23)20-8-11-4-3-7-25-11/h3-7,10H,8H2,1-2H3,(H,20,23)(H,22,24). The Morgan fingerprint density at radius 2 is 2.00 bits per heavy atom. The SMILES string of the molecule is Cc1nc(C(F)(F)F)ccc1C(=O)NC(C)C(=O)NCc1ccco1. The summed E-state index contributed by atoms with van der Waals surface area (Å²) in [6.45, 7) is 2.92. The lowest BCUT2D eigenvalue weighted by molar-refractivity contribution is -0.141. The quantitative estimate of drug-likeness (QED) is 0.863. The maximum atomic E-state index is 12.6. The molecule has 2 aromatic rings. The molecule has 2 rings (SSSR count). The topological polar surface area (TPSA) is 84.2 Å². The Kier molecular flexibility index (Phi) is 5.45. The molecule has 1 unspecified atom stereocenters. The molecule has 6 nitrogen and oxygen atoms in total. The number of furan rings is 1. The number of pyridine rings is 1. The van der Waals surface area contributed by atoms with E-state index in [2.05, 4.69) is 15.6 Å². The first kappa shape index (κ1) is 18.5. The first-order valence-corrected chi connectivity index (χ1v) is 7.34. The summed E-state index contributed by atoms with van der Waals surface area (Å²) in [5.41, 5.74) is -1.18. The first-order chi connectivity index (χ1) is 11.7.